The number of aldehydes is 1. The summed E-state index contributed by atoms with van der Waals surface area (Å²) in [4.78, 5) is 20.8. The molecular weight excluding hydrogens is 267 g/mol. The molecule has 0 aliphatic carbocycles. The van der Waals surface area contributed by atoms with Crippen LogP contribution >= 0.6 is 0 Å². The van der Waals surface area contributed by atoms with Gasteiger partial charge in [0.05, 0.1) is 11.4 Å². The van der Waals surface area contributed by atoms with Crippen LogP contribution in [0.4, 0.5) is 24.5 Å². The predicted molar refractivity (Wildman–Crippen MR) is 61.4 cm³/mol. The number of rotatable bonds is 5. The highest BCUT2D eigenvalue weighted by Gasteiger charge is 2.31. The van der Waals surface area contributed by atoms with Gasteiger partial charge in [0.2, 0.25) is 0 Å². The molecule has 0 fully saturated rings. The highest BCUT2D eigenvalue weighted by molar-refractivity contribution is 6.27. The second-order valence-electron chi connectivity index (χ2n) is 3.30. The van der Waals surface area contributed by atoms with Gasteiger partial charge in [-0.25, -0.2) is 0 Å². The number of nitroso groups, excluding NO2 is 1. The molecule has 0 aromatic heterocycles. The minimum atomic E-state index is -4.86. The zero-order valence-electron chi connectivity index (χ0n) is 9.56. The molecule has 0 radical (unpaired) electrons. The van der Waals surface area contributed by atoms with Crippen molar-refractivity contribution in [2.75, 3.05) is 5.43 Å². The first-order valence-electron chi connectivity index (χ1n) is 4.84. The maximum absolute atomic E-state index is 12.0. The SMILES string of the molecule is C/C(C=O)=N/Nc1ccc(OC(F)(F)F)cc1N=O. The molecule has 1 aromatic carbocycles. The number of nitrogens with one attached hydrogen (secondary N) is 1. The largest absolute Gasteiger partial charge is 0.573 e. The summed E-state index contributed by atoms with van der Waals surface area (Å²) in [5.74, 6) is -0.580. The van der Waals surface area contributed by atoms with Crippen molar-refractivity contribution in [2.45, 2.75) is 13.3 Å². The number of ether oxygens (including phenoxy) is 1. The average Bonchev–Trinajstić information content (AvgIpc) is 2.34. The highest BCUT2D eigenvalue weighted by Crippen LogP contribution is 2.32. The lowest BCUT2D eigenvalue weighted by Crippen LogP contribution is -2.17. The Morgan fingerprint density at radius 2 is 2.11 bits per heavy atom. The molecule has 0 saturated heterocycles. The maximum Gasteiger partial charge on any atom is 0.573 e. The van der Waals surface area contributed by atoms with E-state index in [0.717, 1.165) is 18.2 Å². The number of hydrogen-bond acceptors (Lipinski definition) is 6. The van der Waals surface area contributed by atoms with E-state index in [2.05, 4.69) is 20.4 Å². The molecule has 19 heavy (non-hydrogen) atoms. The lowest BCUT2D eigenvalue weighted by Gasteiger charge is -2.10. The van der Waals surface area contributed by atoms with Gasteiger partial charge in [0.25, 0.3) is 0 Å². The van der Waals surface area contributed by atoms with Gasteiger partial charge >= 0.3 is 6.36 Å². The number of carbonyl (C=O) groups excluding carboxylic acids is 1. The van der Waals surface area contributed by atoms with E-state index >= 15 is 0 Å². The van der Waals surface area contributed by atoms with Crippen LogP contribution in [0.3, 0.4) is 0 Å². The van der Waals surface area contributed by atoms with Crippen LogP contribution in [0, 0.1) is 4.91 Å². The van der Waals surface area contributed by atoms with E-state index < -0.39 is 12.1 Å². The Bertz CT molecular complexity index is 514. The number of hydrazone groups is 1. The van der Waals surface area contributed by atoms with E-state index in [4.69, 9.17) is 0 Å². The van der Waals surface area contributed by atoms with Gasteiger partial charge in [0.15, 0.2) is 6.29 Å². The molecule has 0 amide bonds. The highest BCUT2D eigenvalue weighted by atomic mass is 19.4. The molecule has 0 aliphatic rings. The fraction of sp³-hybridized carbons (Fsp3) is 0.200. The second kappa shape index (κ2) is 5.94. The van der Waals surface area contributed by atoms with Crippen molar-refractivity contribution < 1.29 is 22.7 Å². The van der Waals surface area contributed by atoms with Crippen LogP contribution in [0.5, 0.6) is 5.75 Å². The Hall–Kier alpha value is -2.45. The van der Waals surface area contributed by atoms with Gasteiger partial charge in [-0.3, -0.25) is 10.2 Å². The summed E-state index contributed by atoms with van der Waals surface area (Å²) in [5, 5.41) is 6.11. The quantitative estimate of drug-likeness (QED) is 0.387. The number of alkyl halides is 3. The monoisotopic (exact) mass is 275 g/mol. The number of benzene rings is 1. The Balaban J connectivity index is 2.97. The molecule has 0 aliphatic heterocycles. The summed E-state index contributed by atoms with van der Waals surface area (Å²) in [5.41, 5.74) is 2.14. The van der Waals surface area contributed by atoms with E-state index in [0.29, 0.717) is 6.29 Å². The molecule has 0 saturated carbocycles. The van der Waals surface area contributed by atoms with Crippen molar-refractivity contribution in [3.8, 4) is 5.75 Å². The molecule has 0 heterocycles. The number of anilines is 1. The van der Waals surface area contributed by atoms with Crippen LogP contribution < -0.4 is 10.2 Å². The summed E-state index contributed by atoms with van der Waals surface area (Å²) in [6, 6.07) is 2.91. The fourth-order valence-corrected chi connectivity index (χ4v) is 1.05. The van der Waals surface area contributed by atoms with Gasteiger partial charge in [-0.1, -0.05) is 0 Å². The summed E-state index contributed by atoms with van der Waals surface area (Å²) < 4.78 is 39.5. The first-order valence-corrected chi connectivity index (χ1v) is 4.84. The topological polar surface area (TPSA) is 80.1 Å². The van der Waals surface area contributed by atoms with Crippen molar-refractivity contribution in [1.29, 1.82) is 0 Å². The van der Waals surface area contributed by atoms with Crippen LogP contribution in [0.2, 0.25) is 0 Å². The van der Waals surface area contributed by atoms with Crippen molar-refractivity contribution >= 4 is 23.4 Å². The standard InChI is InChI=1S/C10H8F3N3O3/c1-6(5-17)14-15-8-3-2-7(4-9(8)16-18)19-10(11,12)13/h2-5,15H,1H3/b14-6-. The molecule has 0 unspecified atom stereocenters. The molecule has 102 valence electrons. The minimum absolute atomic E-state index is 0.0470. The number of hydrogen-bond donors (Lipinski definition) is 1. The molecule has 0 bridgehead atoms. The van der Waals surface area contributed by atoms with Gasteiger partial charge in [-0.2, -0.15) is 5.10 Å². The first kappa shape index (κ1) is 14.6. The number of nitrogens with zero attached hydrogens (tertiary/aromatic N) is 2. The third-order valence-corrected chi connectivity index (χ3v) is 1.82. The summed E-state index contributed by atoms with van der Waals surface area (Å²) in [6.07, 6.45) is -4.40. The lowest BCUT2D eigenvalue weighted by molar-refractivity contribution is -0.274. The molecule has 0 spiro atoms. The molecule has 0 atom stereocenters. The van der Waals surface area contributed by atoms with E-state index in [1.807, 2.05) is 0 Å². The van der Waals surface area contributed by atoms with E-state index in [9.17, 15) is 22.9 Å². The fourth-order valence-electron chi connectivity index (χ4n) is 1.05. The molecule has 1 rings (SSSR count). The van der Waals surface area contributed by atoms with Crippen LogP contribution in [0.1, 0.15) is 6.92 Å². The van der Waals surface area contributed by atoms with Crippen LogP contribution in [-0.2, 0) is 4.79 Å². The summed E-state index contributed by atoms with van der Waals surface area (Å²) in [7, 11) is 0. The van der Waals surface area contributed by atoms with Gasteiger partial charge in [-0.15, -0.1) is 18.1 Å². The van der Waals surface area contributed by atoms with Gasteiger partial charge in [0, 0.05) is 6.07 Å². The van der Waals surface area contributed by atoms with Crippen molar-refractivity contribution in [3.63, 3.8) is 0 Å². The van der Waals surface area contributed by atoms with Gasteiger partial charge in [0.1, 0.15) is 11.4 Å². The first-order chi connectivity index (χ1) is 8.85. The Morgan fingerprint density at radius 3 is 2.63 bits per heavy atom. The van der Waals surface area contributed by atoms with Gasteiger partial charge in [-0.05, 0) is 24.2 Å². The third-order valence-electron chi connectivity index (χ3n) is 1.82. The number of carbonyl (C=O) groups is 1. The van der Waals surface area contributed by atoms with Crippen molar-refractivity contribution in [2.24, 2.45) is 10.3 Å². The normalized spacial score (nSPS) is 11.9. The predicted octanol–water partition coefficient (Wildman–Crippen LogP) is 2.97. The van der Waals surface area contributed by atoms with Crippen molar-refractivity contribution in [1.82, 2.24) is 0 Å². The number of halogens is 3. The zero-order valence-corrected chi connectivity index (χ0v) is 9.56. The zero-order chi connectivity index (χ0) is 14.5. The van der Waals surface area contributed by atoms with Gasteiger partial charge < -0.3 is 4.74 Å². The molecule has 6 nitrogen and oxygen atoms in total. The van der Waals surface area contributed by atoms with E-state index in [1.54, 1.807) is 0 Å². The summed E-state index contributed by atoms with van der Waals surface area (Å²) >= 11 is 0. The Morgan fingerprint density at radius 1 is 1.42 bits per heavy atom. The second-order valence-corrected chi connectivity index (χ2v) is 3.30. The molecule has 9 heteroatoms. The summed E-state index contributed by atoms with van der Waals surface area (Å²) in [6.45, 7) is 1.40. The Kier molecular flexibility index (Phi) is 4.56. The average molecular weight is 275 g/mol. The van der Waals surface area contributed by atoms with E-state index in [-0.39, 0.29) is 17.1 Å². The minimum Gasteiger partial charge on any atom is -0.406 e. The molecule has 1 aromatic rings. The smallest absolute Gasteiger partial charge is 0.406 e. The third kappa shape index (κ3) is 4.74. The van der Waals surface area contributed by atoms with Crippen molar-refractivity contribution in [3.05, 3.63) is 23.1 Å². The van der Waals surface area contributed by atoms with Crippen LogP contribution in [0.15, 0.2) is 28.5 Å². The van der Waals surface area contributed by atoms with Crippen LogP contribution in [0.25, 0.3) is 0 Å². The van der Waals surface area contributed by atoms with Crippen LogP contribution in [-0.4, -0.2) is 18.4 Å². The maximum atomic E-state index is 12.0. The van der Waals surface area contributed by atoms with E-state index in [1.165, 1.54) is 6.92 Å². The Labute approximate surface area is 105 Å². The lowest BCUT2D eigenvalue weighted by atomic mass is 10.2. The molecule has 1 N–H and O–H groups in total. The molecular formula is C10H8F3N3O3.